The van der Waals surface area contributed by atoms with Crippen molar-refractivity contribution >= 4 is 11.6 Å². The first-order valence-corrected chi connectivity index (χ1v) is 10.0. The molecule has 0 aliphatic carbocycles. The maximum absolute atomic E-state index is 13.0. The van der Waals surface area contributed by atoms with Crippen LogP contribution in [0.4, 0.5) is 5.69 Å². The summed E-state index contributed by atoms with van der Waals surface area (Å²) in [6, 6.07) is 11.2. The fourth-order valence-electron chi connectivity index (χ4n) is 4.14. The molecule has 0 unspecified atom stereocenters. The van der Waals surface area contributed by atoms with Crippen molar-refractivity contribution in [2.75, 3.05) is 37.9 Å². The Labute approximate surface area is 174 Å². The van der Waals surface area contributed by atoms with Gasteiger partial charge < -0.3 is 19.3 Å². The molecule has 1 fully saturated rings. The van der Waals surface area contributed by atoms with E-state index in [2.05, 4.69) is 16.8 Å². The summed E-state index contributed by atoms with van der Waals surface area (Å²) < 4.78 is 12.6. The van der Waals surface area contributed by atoms with Gasteiger partial charge in [-0.25, -0.2) is 9.67 Å². The minimum Gasteiger partial charge on any atom is -0.454 e. The van der Waals surface area contributed by atoms with Crippen LogP contribution in [0.5, 0.6) is 11.5 Å². The van der Waals surface area contributed by atoms with E-state index in [1.165, 1.54) is 0 Å². The molecule has 0 bridgehead atoms. The molecule has 2 aliphatic heterocycles. The van der Waals surface area contributed by atoms with E-state index in [9.17, 15) is 4.79 Å². The zero-order chi connectivity index (χ0) is 20.7. The van der Waals surface area contributed by atoms with Crippen LogP contribution in [0.2, 0.25) is 0 Å². The van der Waals surface area contributed by atoms with E-state index in [4.69, 9.17) is 14.6 Å². The highest BCUT2D eigenvalue weighted by molar-refractivity contribution is 5.95. The van der Waals surface area contributed by atoms with Crippen molar-refractivity contribution < 1.29 is 14.3 Å². The van der Waals surface area contributed by atoms with E-state index in [1.807, 2.05) is 34.7 Å². The van der Waals surface area contributed by atoms with Crippen molar-refractivity contribution in [3.63, 3.8) is 0 Å². The Morgan fingerprint density at radius 1 is 1.00 bits per heavy atom. The zero-order valence-corrected chi connectivity index (χ0v) is 17.0. The molecule has 0 radical (unpaired) electrons. The summed E-state index contributed by atoms with van der Waals surface area (Å²) in [6.45, 7) is 7.11. The molecular formula is C22H23N5O3. The number of anilines is 1. The lowest BCUT2D eigenvalue weighted by molar-refractivity contribution is 0.0746. The van der Waals surface area contributed by atoms with Crippen molar-refractivity contribution in [2.45, 2.75) is 13.8 Å². The number of aryl methyl sites for hydroxylation is 1. The first-order valence-electron chi connectivity index (χ1n) is 10.0. The van der Waals surface area contributed by atoms with Gasteiger partial charge in [-0.05, 0) is 44.2 Å². The van der Waals surface area contributed by atoms with Crippen LogP contribution in [0.25, 0.3) is 5.82 Å². The van der Waals surface area contributed by atoms with E-state index < -0.39 is 0 Å². The van der Waals surface area contributed by atoms with Crippen molar-refractivity contribution in [3.8, 4) is 17.3 Å². The summed E-state index contributed by atoms with van der Waals surface area (Å²) in [4.78, 5) is 21.6. The first-order chi connectivity index (χ1) is 14.6. The molecule has 1 aromatic carbocycles. The molecule has 2 aromatic heterocycles. The molecule has 3 aromatic rings. The number of carbonyl (C=O) groups excluding carboxylic acids is 1. The monoisotopic (exact) mass is 405 g/mol. The third-order valence-corrected chi connectivity index (χ3v) is 5.62. The van der Waals surface area contributed by atoms with Crippen LogP contribution in [-0.2, 0) is 0 Å². The summed E-state index contributed by atoms with van der Waals surface area (Å²) in [5.41, 5.74) is 3.77. The Morgan fingerprint density at radius 2 is 1.80 bits per heavy atom. The second-order valence-electron chi connectivity index (χ2n) is 7.47. The van der Waals surface area contributed by atoms with Crippen LogP contribution in [0, 0.1) is 13.8 Å². The highest BCUT2D eigenvalue weighted by Crippen LogP contribution is 2.33. The Kier molecular flexibility index (Phi) is 4.54. The number of fused-ring (bicyclic) bond motifs is 1. The number of ether oxygens (including phenoxy) is 2. The van der Waals surface area contributed by atoms with Crippen LogP contribution < -0.4 is 14.4 Å². The molecular weight excluding hydrogens is 382 g/mol. The highest BCUT2D eigenvalue weighted by Gasteiger charge is 2.27. The van der Waals surface area contributed by atoms with Crippen molar-refractivity contribution in [1.82, 2.24) is 19.7 Å². The molecule has 8 nitrogen and oxygen atoms in total. The summed E-state index contributed by atoms with van der Waals surface area (Å²) in [5.74, 6) is 2.14. The van der Waals surface area contributed by atoms with Gasteiger partial charge >= 0.3 is 0 Å². The average molecular weight is 405 g/mol. The predicted octanol–water partition coefficient (Wildman–Crippen LogP) is 2.58. The van der Waals surface area contributed by atoms with Gasteiger partial charge in [-0.2, -0.15) is 5.10 Å². The normalized spacial score (nSPS) is 15.5. The lowest BCUT2D eigenvalue weighted by Crippen LogP contribution is -2.49. The minimum atomic E-state index is 0.0191. The molecule has 2 aliphatic rings. The van der Waals surface area contributed by atoms with Gasteiger partial charge in [0.05, 0.1) is 17.1 Å². The third-order valence-electron chi connectivity index (χ3n) is 5.62. The molecule has 0 N–H and O–H groups in total. The van der Waals surface area contributed by atoms with Gasteiger partial charge in [0.2, 0.25) is 6.79 Å². The smallest absolute Gasteiger partial charge is 0.254 e. The van der Waals surface area contributed by atoms with Crippen LogP contribution in [-0.4, -0.2) is 58.5 Å². The van der Waals surface area contributed by atoms with E-state index in [0.717, 1.165) is 36.0 Å². The second kappa shape index (κ2) is 7.37. The fourth-order valence-corrected chi connectivity index (χ4v) is 4.14. The molecule has 8 heteroatoms. The fraction of sp³-hybridized carbons (Fsp3) is 0.318. The van der Waals surface area contributed by atoms with Crippen LogP contribution in [0.15, 0.2) is 42.6 Å². The third kappa shape index (κ3) is 3.14. The van der Waals surface area contributed by atoms with Gasteiger partial charge in [0.15, 0.2) is 17.3 Å². The van der Waals surface area contributed by atoms with Crippen LogP contribution in [0.1, 0.15) is 21.7 Å². The number of carbonyl (C=O) groups is 1. The zero-order valence-electron chi connectivity index (χ0n) is 17.0. The average Bonchev–Trinajstić information content (AvgIpc) is 3.37. The summed E-state index contributed by atoms with van der Waals surface area (Å²) in [5, 5.41) is 4.70. The topological polar surface area (TPSA) is 72.7 Å². The van der Waals surface area contributed by atoms with Gasteiger partial charge in [-0.15, -0.1) is 0 Å². The standard InChI is InChI=1S/C22H23N5O3/c1-15-21(16(2)27(24-15)20-5-3-4-8-23-20)25-9-11-26(12-10-25)22(28)17-6-7-18-19(13-17)30-14-29-18/h3-8,13H,9-12,14H2,1-2H3. The van der Waals surface area contributed by atoms with Gasteiger partial charge in [0, 0.05) is 37.9 Å². The Hall–Kier alpha value is -3.55. The Balaban J connectivity index is 1.31. The number of nitrogens with zero attached hydrogens (tertiary/aromatic N) is 5. The number of pyridine rings is 1. The number of hydrogen-bond donors (Lipinski definition) is 0. The first kappa shape index (κ1) is 18.5. The molecule has 154 valence electrons. The quantitative estimate of drug-likeness (QED) is 0.667. The van der Waals surface area contributed by atoms with Gasteiger partial charge in [0.1, 0.15) is 0 Å². The van der Waals surface area contributed by atoms with Crippen molar-refractivity contribution in [1.29, 1.82) is 0 Å². The van der Waals surface area contributed by atoms with Crippen LogP contribution >= 0.6 is 0 Å². The Morgan fingerprint density at radius 3 is 2.57 bits per heavy atom. The number of hydrogen-bond acceptors (Lipinski definition) is 6. The van der Waals surface area contributed by atoms with Gasteiger partial charge in [0.25, 0.3) is 5.91 Å². The van der Waals surface area contributed by atoms with E-state index in [1.54, 1.807) is 24.4 Å². The lowest BCUT2D eigenvalue weighted by Gasteiger charge is -2.36. The molecule has 30 heavy (non-hydrogen) atoms. The molecule has 4 heterocycles. The predicted molar refractivity (Wildman–Crippen MR) is 112 cm³/mol. The number of amides is 1. The van der Waals surface area contributed by atoms with E-state index in [0.29, 0.717) is 30.2 Å². The summed E-state index contributed by atoms with van der Waals surface area (Å²) in [6.07, 6.45) is 1.77. The maximum atomic E-state index is 13.0. The number of aromatic nitrogens is 3. The number of piperazine rings is 1. The summed E-state index contributed by atoms with van der Waals surface area (Å²) in [7, 11) is 0. The summed E-state index contributed by atoms with van der Waals surface area (Å²) >= 11 is 0. The second-order valence-corrected chi connectivity index (χ2v) is 7.47. The van der Waals surface area contributed by atoms with Gasteiger partial charge in [-0.1, -0.05) is 6.07 Å². The molecule has 1 saturated heterocycles. The molecule has 0 spiro atoms. The van der Waals surface area contributed by atoms with Crippen molar-refractivity contribution in [3.05, 3.63) is 59.5 Å². The van der Waals surface area contributed by atoms with Gasteiger partial charge in [-0.3, -0.25) is 4.79 Å². The largest absolute Gasteiger partial charge is 0.454 e. The molecule has 5 rings (SSSR count). The number of rotatable bonds is 3. The van der Waals surface area contributed by atoms with Crippen LogP contribution in [0.3, 0.4) is 0 Å². The van der Waals surface area contributed by atoms with E-state index >= 15 is 0 Å². The lowest BCUT2D eigenvalue weighted by atomic mass is 10.1. The minimum absolute atomic E-state index is 0.0191. The molecule has 0 saturated carbocycles. The Bertz CT molecular complexity index is 1090. The molecule has 0 atom stereocenters. The van der Waals surface area contributed by atoms with E-state index in [-0.39, 0.29) is 12.7 Å². The molecule has 1 amide bonds. The SMILES string of the molecule is Cc1nn(-c2ccccn2)c(C)c1N1CCN(C(=O)c2ccc3c(c2)OCO3)CC1. The number of benzene rings is 1. The maximum Gasteiger partial charge on any atom is 0.254 e. The van der Waals surface area contributed by atoms with Crippen molar-refractivity contribution in [2.24, 2.45) is 0 Å². The highest BCUT2D eigenvalue weighted by atomic mass is 16.7.